The zero-order valence-electron chi connectivity index (χ0n) is 7.92. The van der Waals surface area contributed by atoms with Gasteiger partial charge in [-0.3, -0.25) is 0 Å². The van der Waals surface area contributed by atoms with Crippen LogP contribution in [0.1, 0.15) is 6.92 Å². The summed E-state index contributed by atoms with van der Waals surface area (Å²) in [5.41, 5.74) is 5.72. The highest BCUT2D eigenvalue weighted by Gasteiger charge is 2.18. The maximum Gasteiger partial charge on any atom is 0.242 e. The standard InChI is InChI=1S/C8H10Cl2N2O2S/c1-2-12-15(13,14)8-4-5(9)7(11)3-6(8)10/h3-4,12H,2,11H2,1H3. The smallest absolute Gasteiger partial charge is 0.242 e. The Hall–Kier alpha value is -0.490. The third-order valence-corrected chi connectivity index (χ3v) is 4.01. The van der Waals surface area contributed by atoms with Crippen LogP contribution < -0.4 is 10.5 Å². The monoisotopic (exact) mass is 268 g/mol. The van der Waals surface area contributed by atoms with Crippen molar-refractivity contribution in [3.05, 3.63) is 22.2 Å². The number of halogens is 2. The number of anilines is 1. The van der Waals surface area contributed by atoms with Gasteiger partial charge in [0, 0.05) is 6.54 Å². The highest BCUT2D eigenvalue weighted by Crippen LogP contribution is 2.29. The first-order valence-electron chi connectivity index (χ1n) is 4.12. The lowest BCUT2D eigenvalue weighted by atomic mass is 10.3. The molecule has 0 heterocycles. The Kier molecular flexibility index (Phi) is 3.83. The van der Waals surface area contributed by atoms with Gasteiger partial charge in [0.05, 0.1) is 15.7 Å². The number of nitrogen functional groups attached to an aromatic ring is 1. The summed E-state index contributed by atoms with van der Waals surface area (Å²) in [6.45, 7) is 1.95. The normalized spacial score (nSPS) is 11.7. The van der Waals surface area contributed by atoms with Crippen LogP contribution >= 0.6 is 23.2 Å². The van der Waals surface area contributed by atoms with Gasteiger partial charge in [-0.25, -0.2) is 13.1 Å². The maximum atomic E-state index is 11.6. The van der Waals surface area contributed by atoms with E-state index in [0.29, 0.717) is 0 Å². The molecule has 0 aliphatic carbocycles. The Bertz CT molecular complexity index is 474. The van der Waals surface area contributed by atoms with Crippen LogP contribution in [0.15, 0.2) is 17.0 Å². The second-order valence-corrected chi connectivity index (χ2v) is 5.36. The Morgan fingerprint density at radius 3 is 2.47 bits per heavy atom. The molecule has 0 aliphatic rings. The number of benzene rings is 1. The topological polar surface area (TPSA) is 72.2 Å². The summed E-state index contributed by atoms with van der Waals surface area (Å²) < 4.78 is 25.6. The summed E-state index contributed by atoms with van der Waals surface area (Å²) >= 11 is 11.5. The quantitative estimate of drug-likeness (QED) is 0.823. The molecule has 0 aliphatic heterocycles. The van der Waals surface area contributed by atoms with Crippen molar-refractivity contribution in [2.45, 2.75) is 11.8 Å². The van der Waals surface area contributed by atoms with Crippen LogP contribution in [0.4, 0.5) is 5.69 Å². The second kappa shape index (κ2) is 4.57. The van der Waals surface area contributed by atoms with E-state index < -0.39 is 10.0 Å². The summed E-state index contributed by atoms with van der Waals surface area (Å²) in [7, 11) is -3.60. The Morgan fingerprint density at radius 1 is 1.33 bits per heavy atom. The van der Waals surface area contributed by atoms with E-state index in [9.17, 15) is 8.42 Å². The van der Waals surface area contributed by atoms with Gasteiger partial charge < -0.3 is 5.73 Å². The number of nitrogens with one attached hydrogen (secondary N) is 1. The first-order chi connectivity index (χ1) is 6.88. The van der Waals surface area contributed by atoms with Crippen molar-refractivity contribution in [3.63, 3.8) is 0 Å². The molecule has 1 aromatic carbocycles. The van der Waals surface area contributed by atoms with Gasteiger partial charge in [0.25, 0.3) is 0 Å². The summed E-state index contributed by atoms with van der Waals surface area (Å²) in [6, 6.07) is 2.55. The predicted molar refractivity (Wildman–Crippen MR) is 61.7 cm³/mol. The first kappa shape index (κ1) is 12.6. The average molecular weight is 269 g/mol. The van der Waals surface area contributed by atoms with Crippen LogP contribution in [0, 0.1) is 0 Å². The van der Waals surface area contributed by atoms with Gasteiger partial charge in [0.1, 0.15) is 4.90 Å². The number of hydrogen-bond acceptors (Lipinski definition) is 3. The van der Waals surface area contributed by atoms with E-state index in [2.05, 4.69) is 4.72 Å². The minimum Gasteiger partial charge on any atom is -0.397 e. The summed E-state index contributed by atoms with van der Waals surface area (Å²) in [4.78, 5) is -0.0646. The van der Waals surface area contributed by atoms with Gasteiger partial charge in [-0.1, -0.05) is 30.1 Å². The van der Waals surface area contributed by atoms with E-state index in [1.165, 1.54) is 12.1 Å². The number of sulfonamides is 1. The van der Waals surface area contributed by atoms with E-state index >= 15 is 0 Å². The lowest BCUT2D eigenvalue weighted by Crippen LogP contribution is -2.23. The highest BCUT2D eigenvalue weighted by atomic mass is 35.5. The molecule has 1 aromatic rings. The van der Waals surface area contributed by atoms with E-state index in [4.69, 9.17) is 28.9 Å². The van der Waals surface area contributed by atoms with Gasteiger partial charge in [-0.15, -0.1) is 0 Å². The molecule has 0 saturated heterocycles. The summed E-state index contributed by atoms with van der Waals surface area (Å²) in [5, 5.41) is 0.216. The van der Waals surface area contributed by atoms with Crippen molar-refractivity contribution in [3.8, 4) is 0 Å². The van der Waals surface area contributed by atoms with Crippen LogP contribution in [0.5, 0.6) is 0 Å². The molecule has 0 unspecified atom stereocenters. The van der Waals surface area contributed by atoms with Gasteiger partial charge >= 0.3 is 0 Å². The molecular weight excluding hydrogens is 259 g/mol. The fourth-order valence-corrected chi connectivity index (χ4v) is 2.85. The zero-order chi connectivity index (χ0) is 11.6. The van der Waals surface area contributed by atoms with Gasteiger partial charge in [0.2, 0.25) is 10.0 Å². The molecule has 0 bridgehead atoms. The predicted octanol–water partition coefficient (Wildman–Crippen LogP) is 1.87. The number of nitrogens with two attached hydrogens (primary N) is 1. The third kappa shape index (κ3) is 2.75. The van der Waals surface area contributed by atoms with Crippen molar-refractivity contribution in [2.75, 3.05) is 12.3 Å². The largest absolute Gasteiger partial charge is 0.397 e. The zero-order valence-corrected chi connectivity index (χ0v) is 10.2. The molecular formula is C8H10Cl2N2O2S. The molecule has 7 heteroatoms. The van der Waals surface area contributed by atoms with Crippen LogP contribution in [0.3, 0.4) is 0 Å². The maximum absolute atomic E-state index is 11.6. The SMILES string of the molecule is CCNS(=O)(=O)c1cc(Cl)c(N)cc1Cl. The Balaban J connectivity index is 3.33. The number of rotatable bonds is 3. The van der Waals surface area contributed by atoms with Crippen molar-refractivity contribution in [2.24, 2.45) is 0 Å². The minimum absolute atomic E-state index is 0.0536. The lowest BCUT2D eigenvalue weighted by molar-refractivity contribution is 0.584. The van der Waals surface area contributed by atoms with Gasteiger partial charge in [0.15, 0.2) is 0 Å². The summed E-state index contributed by atoms with van der Waals surface area (Å²) in [6.07, 6.45) is 0. The molecule has 0 atom stereocenters. The fourth-order valence-electron chi connectivity index (χ4n) is 1.02. The highest BCUT2D eigenvalue weighted by molar-refractivity contribution is 7.89. The molecule has 0 fully saturated rings. The van der Waals surface area contributed by atoms with Crippen molar-refractivity contribution in [1.29, 1.82) is 0 Å². The fraction of sp³-hybridized carbons (Fsp3) is 0.250. The number of hydrogen-bond donors (Lipinski definition) is 2. The van der Waals surface area contributed by atoms with Crippen LogP contribution in [-0.4, -0.2) is 15.0 Å². The molecule has 4 nitrogen and oxygen atoms in total. The van der Waals surface area contributed by atoms with E-state index in [1.807, 2.05) is 0 Å². The van der Waals surface area contributed by atoms with Crippen LogP contribution in [-0.2, 0) is 10.0 Å². The molecule has 0 radical (unpaired) electrons. The minimum atomic E-state index is -3.60. The third-order valence-electron chi connectivity index (χ3n) is 1.68. The van der Waals surface area contributed by atoms with E-state index in [0.717, 1.165) is 0 Å². The first-order valence-corrected chi connectivity index (χ1v) is 6.36. The van der Waals surface area contributed by atoms with Gasteiger partial charge in [-0.2, -0.15) is 0 Å². The van der Waals surface area contributed by atoms with E-state index in [1.54, 1.807) is 6.92 Å². The molecule has 0 spiro atoms. The Morgan fingerprint density at radius 2 is 1.93 bits per heavy atom. The average Bonchev–Trinajstić information content (AvgIpc) is 2.11. The molecule has 0 saturated carbocycles. The van der Waals surface area contributed by atoms with Crippen molar-refractivity contribution < 1.29 is 8.42 Å². The Labute approximate surface area is 98.4 Å². The lowest BCUT2D eigenvalue weighted by Gasteiger charge is -2.08. The van der Waals surface area contributed by atoms with E-state index in [-0.39, 0.29) is 27.2 Å². The molecule has 3 N–H and O–H groups in total. The molecule has 84 valence electrons. The van der Waals surface area contributed by atoms with Crippen molar-refractivity contribution >= 4 is 38.9 Å². The molecule has 0 aromatic heterocycles. The van der Waals surface area contributed by atoms with Crippen molar-refractivity contribution in [1.82, 2.24) is 4.72 Å². The summed E-state index contributed by atoms with van der Waals surface area (Å²) in [5.74, 6) is 0. The molecule has 15 heavy (non-hydrogen) atoms. The molecule has 0 amide bonds. The van der Waals surface area contributed by atoms with Gasteiger partial charge in [-0.05, 0) is 12.1 Å². The molecule has 1 rings (SSSR count). The van der Waals surface area contributed by atoms with Crippen LogP contribution in [0.25, 0.3) is 0 Å². The van der Waals surface area contributed by atoms with Crippen LogP contribution in [0.2, 0.25) is 10.0 Å². The second-order valence-electron chi connectivity index (χ2n) is 2.81.